The van der Waals surface area contributed by atoms with Crippen LogP contribution in [0, 0.1) is 5.82 Å². The second-order valence-corrected chi connectivity index (χ2v) is 5.87. The fraction of sp³-hybridized carbons (Fsp3) is 0.167. The van der Waals surface area contributed by atoms with Crippen molar-refractivity contribution < 1.29 is 9.50 Å². The molecule has 2 nitrogen and oxygen atoms in total. The quantitative estimate of drug-likeness (QED) is 0.847. The minimum Gasteiger partial charge on any atom is -0.392 e. The van der Waals surface area contributed by atoms with Crippen LogP contribution in [-0.2, 0) is 6.42 Å². The fourth-order valence-electron chi connectivity index (χ4n) is 1.42. The predicted octanol–water partition coefficient (Wildman–Crippen LogP) is 3.30. The molecule has 4 heteroatoms. The molecule has 2 rings (SSSR count). The van der Waals surface area contributed by atoms with Crippen molar-refractivity contribution in [2.75, 3.05) is 6.61 Å². The zero-order valence-corrected chi connectivity index (χ0v) is 10.7. The molecule has 0 aromatic heterocycles. The molecular weight excluding hydrogens is 320 g/mol. The Morgan fingerprint density at radius 2 is 2.25 bits per heavy atom. The largest absolute Gasteiger partial charge is 0.392 e. The van der Waals surface area contributed by atoms with Gasteiger partial charge in [-0.25, -0.2) is 7.54 Å². The molecule has 0 fully saturated rings. The summed E-state index contributed by atoms with van der Waals surface area (Å²) < 4.78 is 18.4. The van der Waals surface area contributed by atoms with Crippen molar-refractivity contribution in [3.8, 4) is 0 Å². The van der Waals surface area contributed by atoms with Crippen molar-refractivity contribution in [2.24, 2.45) is 3.15 Å². The minimum absolute atomic E-state index is 0.0138. The summed E-state index contributed by atoms with van der Waals surface area (Å²) in [7, 11) is 0. The minimum atomic E-state index is -0.344. The van der Waals surface area contributed by atoms with Gasteiger partial charge in [0.25, 0.3) is 0 Å². The molecule has 0 unspecified atom stereocenters. The average molecular weight is 331 g/mol. The van der Waals surface area contributed by atoms with Gasteiger partial charge in [0, 0.05) is 37.2 Å². The lowest BCUT2D eigenvalue weighted by Gasteiger charge is -2.06. The van der Waals surface area contributed by atoms with Crippen LogP contribution in [0.15, 0.2) is 48.8 Å². The molecule has 1 aromatic carbocycles. The van der Waals surface area contributed by atoms with Crippen molar-refractivity contribution in [1.82, 2.24) is 0 Å². The lowest BCUT2D eigenvalue weighted by Crippen LogP contribution is -1.92. The Kier molecular flexibility index (Phi) is 3.95. The SMILES string of the molecule is OCC1=CN=IC(Cc2cccc(F)c2)=C1. The van der Waals surface area contributed by atoms with Crippen molar-refractivity contribution in [3.05, 3.63) is 57.1 Å². The molecule has 1 aliphatic heterocycles. The Hall–Kier alpha value is -0.880. The van der Waals surface area contributed by atoms with E-state index in [2.05, 4.69) is 3.15 Å². The van der Waals surface area contributed by atoms with Gasteiger partial charge in [0.2, 0.25) is 0 Å². The van der Waals surface area contributed by atoms with Crippen molar-refractivity contribution in [1.29, 1.82) is 0 Å². The van der Waals surface area contributed by atoms with Crippen LogP contribution in [0.3, 0.4) is 0 Å². The third kappa shape index (κ3) is 3.05. The van der Waals surface area contributed by atoms with E-state index in [-0.39, 0.29) is 33.5 Å². The summed E-state index contributed by atoms with van der Waals surface area (Å²) in [5.74, 6) is -0.207. The predicted molar refractivity (Wildman–Crippen MR) is 69.8 cm³/mol. The van der Waals surface area contributed by atoms with Gasteiger partial charge in [0.15, 0.2) is 0 Å². The van der Waals surface area contributed by atoms with Gasteiger partial charge >= 0.3 is 0 Å². The molecule has 0 spiro atoms. The van der Waals surface area contributed by atoms with E-state index in [1.54, 1.807) is 18.3 Å². The Morgan fingerprint density at radius 3 is 3.00 bits per heavy atom. The molecule has 0 amide bonds. The molecule has 0 bridgehead atoms. The zero-order valence-electron chi connectivity index (χ0n) is 8.53. The third-order valence-corrected chi connectivity index (χ3v) is 4.03. The highest BCUT2D eigenvalue weighted by Crippen LogP contribution is 2.27. The first-order valence-electron chi connectivity index (χ1n) is 4.87. The maximum Gasteiger partial charge on any atom is 0.123 e. The van der Waals surface area contributed by atoms with Crippen LogP contribution in [0.2, 0.25) is 0 Å². The second-order valence-electron chi connectivity index (χ2n) is 3.44. The van der Waals surface area contributed by atoms with E-state index in [1.165, 1.54) is 9.65 Å². The topological polar surface area (TPSA) is 32.6 Å². The number of aliphatic hydroxyl groups excluding tert-OH is 1. The maximum atomic E-state index is 13.0. The van der Waals surface area contributed by atoms with Crippen LogP contribution >= 0.6 is 21.0 Å². The van der Waals surface area contributed by atoms with Gasteiger partial charge in [0.05, 0.1) is 6.61 Å². The van der Waals surface area contributed by atoms with Gasteiger partial charge in [-0.1, -0.05) is 12.1 Å². The normalized spacial score (nSPS) is 15.1. The van der Waals surface area contributed by atoms with Crippen LogP contribution in [0.25, 0.3) is 0 Å². The van der Waals surface area contributed by atoms with Crippen molar-refractivity contribution in [2.45, 2.75) is 6.42 Å². The van der Waals surface area contributed by atoms with Gasteiger partial charge in [-0.15, -0.1) is 0 Å². The summed E-state index contributed by atoms with van der Waals surface area (Å²) in [4.78, 5) is 0. The van der Waals surface area contributed by atoms with Crippen LogP contribution in [-0.4, -0.2) is 11.7 Å². The number of nitrogens with zero attached hydrogens (tertiary/aromatic N) is 1. The van der Waals surface area contributed by atoms with Crippen molar-refractivity contribution >= 4 is 21.0 Å². The Bertz CT molecular complexity index is 480. The molecule has 0 saturated heterocycles. The van der Waals surface area contributed by atoms with Crippen LogP contribution in [0.1, 0.15) is 5.56 Å². The third-order valence-electron chi connectivity index (χ3n) is 2.16. The van der Waals surface area contributed by atoms with E-state index in [0.717, 1.165) is 17.6 Å². The number of benzene rings is 1. The first-order valence-corrected chi connectivity index (χ1v) is 6.91. The first kappa shape index (κ1) is 11.6. The molecule has 0 saturated carbocycles. The number of aliphatic hydroxyl groups is 1. The van der Waals surface area contributed by atoms with E-state index in [9.17, 15) is 4.39 Å². The first-order chi connectivity index (χ1) is 7.78. The highest BCUT2D eigenvalue weighted by Gasteiger charge is 2.04. The smallest absolute Gasteiger partial charge is 0.123 e. The average Bonchev–Trinajstić information content (AvgIpc) is 2.29. The summed E-state index contributed by atoms with van der Waals surface area (Å²) in [5, 5.41) is 9.00. The Labute approximate surface area is 104 Å². The highest BCUT2D eigenvalue weighted by atomic mass is 127. The molecule has 0 radical (unpaired) electrons. The number of rotatable bonds is 3. The maximum absolute atomic E-state index is 13.0. The Morgan fingerprint density at radius 1 is 1.38 bits per heavy atom. The van der Waals surface area contributed by atoms with E-state index in [4.69, 9.17) is 5.11 Å². The standard InChI is InChI=1S/C12H11FINO/c13-11-3-1-2-9(4-11)5-12-6-10(8-16)7-15-14-12/h1-4,6-7,16H,5,8H2. The molecule has 1 aromatic rings. The number of halogens is 2. The van der Waals surface area contributed by atoms with Gasteiger partial charge in [-0.2, -0.15) is 0 Å². The van der Waals surface area contributed by atoms with E-state index >= 15 is 0 Å². The molecule has 16 heavy (non-hydrogen) atoms. The number of hydrogen-bond acceptors (Lipinski definition) is 2. The van der Waals surface area contributed by atoms with Gasteiger partial charge < -0.3 is 5.11 Å². The fourth-order valence-corrected chi connectivity index (χ4v) is 3.43. The zero-order chi connectivity index (χ0) is 11.4. The lowest BCUT2D eigenvalue weighted by molar-refractivity contribution is 0.334. The summed E-state index contributed by atoms with van der Waals surface area (Å²) in [6.07, 6.45) is 4.43. The summed E-state index contributed by atoms with van der Waals surface area (Å²) in [6.45, 7) is 0.0138. The summed E-state index contributed by atoms with van der Waals surface area (Å²) in [6, 6.07) is 6.61. The van der Waals surface area contributed by atoms with Gasteiger partial charge in [-0.05, 0) is 29.3 Å². The number of allylic oxidation sites excluding steroid dienone is 1. The molecule has 0 aliphatic carbocycles. The Balaban J connectivity index is 2.14. The summed E-state index contributed by atoms with van der Waals surface area (Å²) in [5.41, 5.74) is 1.79. The molecule has 1 aliphatic rings. The van der Waals surface area contributed by atoms with E-state index in [1.807, 2.05) is 12.1 Å². The van der Waals surface area contributed by atoms with Gasteiger partial charge in [0.1, 0.15) is 5.82 Å². The molecule has 1 N–H and O–H groups in total. The van der Waals surface area contributed by atoms with E-state index in [0.29, 0.717) is 0 Å². The molecule has 84 valence electrons. The highest BCUT2D eigenvalue weighted by molar-refractivity contribution is 14.2. The summed E-state index contributed by atoms with van der Waals surface area (Å²) >= 11 is -0.344. The van der Waals surface area contributed by atoms with E-state index < -0.39 is 0 Å². The van der Waals surface area contributed by atoms with Crippen molar-refractivity contribution in [3.63, 3.8) is 0 Å². The molecular formula is C12H11FINO. The second kappa shape index (κ2) is 5.45. The monoisotopic (exact) mass is 331 g/mol. The molecule has 1 heterocycles. The van der Waals surface area contributed by atoms with Crippen LogP contribution < -0.4 is 0 Å². The van der Waals surface area contributed by atoms with Crippen LogP contribution in [0.5, 0.6) is 0 Å². The lowest BCUT2D eigenvalue weighted by atomic mass is 10.1. The van der Waals surface area contributed by atoms with Crippen LogP contribution in [0.4, 0.5) is 4.39 Å². The van der Waals surface area contributed by atoms with Gasteiger partial charge in [-0.3, -0.25) is 0 Å². The molecule has 0 atom stereocenters. The number of hydrogen-bond donors (Lipinski definition) is 1.